The smallest absolute Gasteiger partial charge is 0.234 e. The third kappa shape index (κ3) is 3.84. The Balaban J connectivity index is 1.56. The van der Waals surface area contributed by atoms with Crippen LogP contribution in [-0.2, 0) is 4.79 Å². The van der Waals surface area contributed by atoms with Crippen LogP contribution >= 0.6 is 34.7 Å². The Morgan fingerprint density at radius 1 is 1.26 bits per heavy atom. The summed E-state index contributed by atoms with van der Waals surface area (Å²) in [6.45, 7) is 6.12. The maximum atomic E-state index is 12.5. The van der Waals surface area contributed by atoms with Crippen LogP contribution in [0.1, 0.15) is 40.6 Å². The first-order chi connectivity index (χ1) is 12.9. The van der Waals surface area contributed by atoms with Gasteiger partial charge in [0.1, 0.15) is 15.7 Å². The number of nitrogens with one attached hydrogen (secondary N) is 1. The normalized spacial score (nSPS) is 13.9. The van der Waals surface area contributed by atoms with Crippen LogP contribution in [-0.4, -0.2) is 21.6 Å². The highest BCUT2D eigenvalue weighted by molar-refractivity contribution is 8.00. The molecule has 2 aromatic heterocycles. The van der Waals surface area contributed by atoms with E-state index in [9.17, 15) is 4.79 Å². The lowest BCUT2D eigenvalue weighted by Crippen LogP contribution is -2.15. The Morgan fingerprint density at radius 2 is 2.04 bits per heavy atom. The molecule has 0 atom stereocenters. The molecule has 1 amide bonds. The zero-order valence-corrected chi connectivity index (χ0v) is 17.8. The van der Waals surface area contributed by atoms with E-state index in [2.05, 4.69) is 19.2 Å². The zero-order valence-electron chi connectivity index (χ0n) is 15.4. The maximum absolute atomic E-state index is 12.5. The molecule has 2 heterocycles. The fourth-order valence-electron chi connectivity index (χ4n) is 2.92. The van der Waals surface area contributed by atoms with E-state index in [1.165, 1.54) is 22.2 Å². The number of hydrogen-bond acceptors (Lipinski definition) is 5. The number of halogens is 1. The molecule has 0 aliphatic heterocycles. The van der Waals surface area contributed by atoms with Crippen molar-refractivity contribution in [3.63, 3.8) is 0 Å². The van der Waals surface area contributed by atoms with Gasteiger partial charge < -0.3 is 5.32 Å². The van der Waals surface area contributed by atoms with Gasteiger partial charge in [-0.2, -0.15) is 0 Å². The Morgan fingerprint density at radius 3 is 2.78 bits per heavy atom. The van der Waals surface area contributed by atoms with Gasteiger partial charge in [-0.15, -0.1) is 11.3 Å². The third-order valence-corrected chi connectivity index (χ3v) is 7.32. The summed E-state index contributed by atoms with van der Waals surface area (Å²) in [6, 6.07) is 5.52. The van der Waals surface area contributed by atoms with E-state index in [0.29, 0.717) is 16.7 Å². The summed E-state index contributed by atoms with van der Waals surface area (Å²) >= 11 is 9.33. The number of hydrogen-bond donors (Lipinski definition) is 1. The van der Waals surface area contributed by atoms with Gasteiger partial charge in [-0.05, 0) is 56.9 Å². The molecule has 1 aliphatic rings. The molecule has 3 aromatic rings. The summed E-state index contributed by atoms with van der Waals surface area (Å²) in [5, 5.41) is 5.62. The standard InChI is InChI=1S/C20H20ClN3OS2/c1-10-12(3)27-20-17(10)19(23-18(24-20)13-7-8-13)26-9-16(25)22-15-6-4-5-14(21)11(15)2/h4-6,13H,7-9H2,1-3H3,(H,22,25). The summed E-state index contributed by atoms with van der Waals surface area (Å²) < 4.78 is 0. The van der Waals surface area contributed by atoms with Gasteiger partial charge >= 0.3 is 0 Å². The largest absolute Gasteiger partial charge is 0.325 e. The van der Waals surface area contributed by atoms with E-state index >= 15 is 0 Å². The van der Waals surface area contributed by atoms with Crippen LogP contribution in [0.2, 0.25) is 5.02 Å². The molecule has 0 radical (unpaired) electrons. The van der Waals surface area contributed by atoms with Gasteiger partial charge in [0.15, 0.2) is 0 Å². The van der Waals surface area contributed by atoms with E-state index in [0.717, 1.165) is 45.2 Å². The quantitative estimate of drug-likeness (QED) is 0.416. The van der Waals surface area contributed by atoms with E-state index in [1.807, 2.05) is 25.1 Å². The molecular weight excluding hydrogens is 398 g/mol. The number of aromatic nitrogens is 2. The number of fused-ring (bicyclic) bond motifs is 1. The first-order valence-electron chi connectivity index (χ1n) is 8.89. The lowest BCUT2D eigenvalue weighted by molar-refractivity contribution is -0.113. The van der Waals surface area contributed by atoms with Crippen LogP contribution in [0.25, 0.3) is 10.2 Å². The number of aryl methyl sites for hydroxylation is 2. The minimum absolute atomic E-state index is 0.0605. The van der Waals surface area contributed by atoms with Crippen LogP contribution in [0.15, 0.2) is 23.2 Å². The summed E-state index contributed by atoms with van der Waals surface area (Å²) in [4.78, 5) is 24.4. The van der Waals surface area contributed by atoms with Gasteiger partial charge in [0, 0.05) is 26.9 Å². The molecule has 7 heteroatoms. The lowest BCUT2D eigenvalue weighted by atomic mass is 10.2. The topological polar surface area (TPSA) is 54.9 Å². The van der Waals surface area contributed by atoms with Crippen molar-refractivity contribution in [3.8, 4) is 0 Å². The van der Waals surface area contributed by atoms with Crippen molar-refractivity contribution in [2.24, 2.45) is 0 Å². The molecule has 0 unspecified atom stereocenters. The SMILES string of the molecule is Cc1sc2nc(C3CC3)nc(SCC(=O)Nc3cccc(Cl)c3C)c2c1C. The minimum Gasteiger partial charge on any atom is -0.325 e. The molecule has 1 fully saturated rings. The summed E-state index contributed by atoms with van der Waals surface area (Å²) in [5.74, 6) is 1.66. The fraction of sp³-hybridized carbons (Fsp3) is 0.350. The number of thiophene rings is 1. The second-order valence-electron chi connectivity index (χ2n) is 6.87. The molecule has 1 aromatic carbocycles. The van der Waals surface area contributed by atoms with Crippen molar-refractivity contribution >= 4 is 56.5 Å². The van der Waals surface area contributed by atoms with Crippen LogP contribution in [0, 0.1) is 20.8 Å². The van der Waals surface area contributed by atoms with Crippen molar-refractivity contribution in [3.05, 3.63) is 45.1 Å². The van der Waals surface area contributed by atoms with Gasteiger partial charge in [-0.25, -0.2) is 9.97 Å². The highest BCUT2D eigenvalue weighted by Crippen LogP contribution is 2.42. The molecule has 1 N–H and O–H groups in total. The first kappa shape index (κ1) is 18.7. The molecule has 0 bridgehead atoms. The molecule has 4 rings (SSSR count). The van der Waals surface area contributed by atoms with Gasteiger partial charge in [-0.3, -0.25) is 4.79 Å². The van der Waals surface area contributed by atoms with Crippen LogP contribution in [0.3, 0.4) is 0 Å². The molecule has 4 nitrogen and oxygen atoms in total. The average molecular weight is 418 g/mol. The number of amides is 1. The predicted molar refractivity (Wildman–Crippen MR) is 114 cm³/mol. The monoisotopic (exact) mass is 417 g/mol. The fourth-order valence-corrected chi connectivity index (χ4v) is 5.09. The molecular formula is C20H20ClN3OS2. The number of rotatable bonds is 5. The number of nitrogens with zero attached hydrogens (tertiary/aromatic N) is 2. The molecule has 0 saturated heterocycles. The van der Waals surface area contributed by atoms with E-state index < -0.39 is 0 Å². The summed E-state index contributed by atoms with van der Waals surface area (Å²) in [6.07, 6.45) is 2.32. The lowest BCUT2D eigenvalue weighted by Gasteiger charge is -2.10. The van der Waals surface area contributed by atoms with Gasteiger partial charge in [0.05, 0.1) is 5.75 Å². The van der Waals surface area contributed by atoms with E-state index in [1.54, 1.807) is 11.3 Å². The van der Waals surface area contributed by atoms with E-state index in [-0.39, 0.29) is 5.91 Å². The minimum atomic E-state index is -0.0605. The number of carbonyl (C=O) groups excluding carboxylic acids is 1. The van der Waals surface area contributed by atoms with E-state index in [4.69, 9.17) is 21.6 Å². The second kappa shape index (κ2) is 7.41. The van der Waals surface area contributed by atoms with Gasteiger partial charge in [0.2, 0.25) is 5.91 Å². The van der Waals surface area contributed by atoms with Gasteiger partial charge in [-0.1, -0.05) is 29.4 Å². The van der Waals surface area contributed by atoms with Crippen molar-refractivity contribution in [1.82, 2.24) is 9.97 Å². The van der Waals surface area contributed by atoms with Crippen molar-refractivity contribution < 1.29 is 4.79 Å². The Bertz CT molecular complexity index is 1040. The van der Waals surface area contributed by atoms with Crippen molar-refractivity contribution in [2.75, 3.05) is 11.1 Å². The zero-order chi connectivity index (χ0) is 19.1. The molecule has 27 heavy (non-hydrogen) atoms. The highest BCUT2D eigenvalue weighted by atomic mass is 35.5. The number of thioether (sulfide) groups is 1. The summed E-state index contributed by atoms with van der Waals surface area (Å²) in [5.41, 5.74) is 2.84. The Kier molecular flexibility index (Phi) is 5.14. The highest BCUT2D eigenvalue weighted by Gasteiger charge is 2.28. The maximum Gasteiger partial charge on any atom is 0.234 e. The molecule has 1 aliphatic carbocycles. The van der Waals surface area contributed by atoms with Crippen LogP contribution in [0.4, 0.5) is 5.69 Å². The number of benzene rings is 1. The molecule has 140 valence electrons. The Hall–Kier alpha value is -1.63. The average Bonchev–Trinajstić information content (AvgIpc) is 3.44. The van der Waals surface area contributed by atoms with Gasteiger partial charge in [0.25, 0.3) is 0 Å². The number of carbonyl (C=O) groups is 1. The van der Waals surface area contributed by atoms with Crippen LogP contribution < -0.4 is 5.32 Å². The summed E-state index contributed by atoms with van der Waals surface area (Å²) in [7, 11) is 0. The van der Waals surface area contributed by atoms with Crippen LogP contribution in [0.5, 0.6) is 0 Å². The molecule has 1 saturated carbocycles. The number of anilines is 1. The van der Waals surface area contributed by atoms with Crippen molar-refractivity contribution in [1.29, 1.82) is 0 Å². The third-order valence-electron chi connectivity index (χ3n) is 4.84. The van der Waals surface area contributed by atoms with Crippen molar-refractivity contribution in [2.45, 2.75) is 44.6 Å². The first-order valence-corrected chi connectivity index (χ1v) is 11.1. The predicted octanol–water partition coefficient (Wildman–Crippen LogP) is 5.88. The second-order valence-corrected chi connectivity index (χ2v) is 9.45. The Labute approximate surface area is 171 Å². The molecule has 0 spiro atoms.